The van der Waals surface area contributed by atoms with E-state index in [1.54, 1.807) is 4.90 Å². The molecule has 0 heterocycles. The summed E-state index contributed by atoms with van der Waals surface area (Å²) >= 11 is 0. The van der Waals surface area contributed by atoms with Gasteiger partial charge in [0.25, 0.3) is 0 Å². The fourth-order valence-corrected chi connectivity index (χ4v) is 1.58. The van der Waals surface area contributed by atoms with Crippen LogP contribution >= 0.6 is 0 Å². The number of nitrogens with zero attached hydrogens (tertiary/aromatic N) is 1. The highest BCUT2D eigenvalue weighted by Gasteiger charge is 2.07. The monoisotopic (exact) mass is 249 g/mol. The van der Waals surface area contributed by atoms with E-state index in [2.05, 4.69) is 6.92 Å². The number of carbonyl (C=O) groups is 1. The highest BCUT2D eigenvalue weighted by Crippen LogP contribution is 2.11. The molecule has 0 fully saturated rings. The lowest BCUT2D eigenvalue weighted by Gasteiger charge is -2.17. The van der Waals surface area contributed by atoms with Gasteiger partial charge in [0.1, 0.15) is 12.4 Å². The quantitative estimate of drug-likeness (QED) is 0.743. The second kappa shape index (κ2) is 7.75. The Hall–Kier alpha value is -1.51. The van der Waals surface area contributed by atoms with Crippen LogP contribution < -0.4 is 4.74 Å². The zero-order valence-electron chi connectivity index (χ0n) is 11.6. The topological polar surface area (TPSA) is 29.5 Å². The minimum absolute atomic E-state index is 0.198. The van der Waals surface area contributed by atoms with E-state index in [-0.39, 0.29) is 5.91 Å². The summed E-state index contributed by atoms with van der Waals surface area (Å²) in [4.78, 5) is 13.4. The maximum atomic E-state index is 11.7. The van der Waals surface area contributed by atoms with Crippen LogP contribution in [-0.2, 0) is 4.79 Å². The van der Waals surface area contributed by atoms with E-state index in [1.165, 1.54) is 5.56 Å². The first kappa shape index (κ1) is 14.6. The van der Waals surface area contributed by atoms with Crippen LogP contribution in [0.2, 0.25) is 0 Å². The number of ether oxygens (including phenoxy) is 1. The minimum atomic E-state index is 0.198. The van der Waals surface area contributed by atoms with Gasteiger partial charge in [-0.1, -0.05) is 31.0 Å². The number of rotatable bonds is 7. The van der Waals surface area contributed by atoms with Gasteiger partial charge in [-0.15, -0.1) is 0 Å². The number of likely N-dealkylation sites (N-methyl/N-ethyl adjacent to an activating group) is 1. The number of benzene rings is 1. The number of aryl methyl sites for hydroxylation is 1. The van der Waals surface area contributed by atoms with Crippen LogP contribution in [-0.4, -0.2) is 31.0 Å². The maximum absolute atomic E-state index is 11.7. The number of hydrogen-bond acceptors (Lipinski definition) is 2. The first-order valence-corrected chi connectivity index (χ1v) is 6.57. The predicted molar refractivity (Wildman–Crippen MR) is 73.8 cm³/mol. The van der Waals surface area contributed by atoms with Crippen LogP contribution in [0.15, 0.2) is 24.3 Å². The molecule has 1 aromatic rings. The molecule has 0 aliphatic carbocycles. The van der Waals surface area contributed by atoms with Crippen LogP contribution in [0.1, 0.15) is 31.7 Å². The predicted octanol–water partition coefficient (Wildman–Crippen LogP) is 3.02. The molecule has 1 aromatic carbocycles. The Morgan fingerprint density at radius 2 is 1.94 bits per heavy atom. The van der Waals surface area contributed by atoms with Crippen molar-refractivity contribution in [3.8, 4) is 5.75 Å². The molecule has 0 saturated heterocycles. The molecule has 18 heavy (non-hydrogen) atoms. The minimum Gasteiger partial charge on any atom is -0.492 e. The van der Waals surface area contributed by atoms with Crippen molar-refractivity contribution in [2.75, 3.05) is 20.2 Å². The summed E-state index contributed by atoms with van der Waals surface area (Å²) in [6.07, 6.45) is 2.65. The summed E-state index contributed by atoms with van der Waals surface area (Å²) in [6, 6.07) is 7.94. The van der Waals surface area contributed by atoms with Crippen LogP contribution in [0.3, 0.4) is 0 Å². The molecule has 0 aliphatic heterocycles. The summed E-state index contributed by atoms with van der Waals surface area (Å²) in [5, 5.41) is 0. The average molecular weight is 249 g/mol. The smallest absolute Gasteiger partial charge is 0.222 e. The molecule has 0 saturated carbocycles. The number of amides is 1. The molecular formula is C15H23NO2. The molecule has 0 unspecified atom stereocenters. The Balaban J connectivity index is 2.24. The number of carbonyl (C=O) groups excluding carboxylic acids is 1. The summed E-state index contributed by atoms with van der Waals surface area (Å²) in [5.41, 5.74) is 1.22. The third kappa shape index (κ3) is 5.21. The number of hydrogen-bond donors (Lipinski definition) is 0. The van der Waals surface area contributed by atoms with Crippen LogP contribution in [0.4, 0.5) is 0 Å². The van der Waals surface area contributed by atoms with Gasteiger partial charge in [0, 0.05) is 13.5 Å². The zero-order valence-corrected chi connectivity index (χ0v) is 11.6. The Kier molecular flexibility index (Phi) is 6.26. The molecule has 0 spiro atoms. The van der Waals surface area contributed by atoms with Crippen molar-refractivity contribution in [3.63, 3.8) is 0 Å². The average Bonchev–Trinajstić information content (AvgIpc) is 2.38. The molecule has 0 aliphatic rings. The van der Waals surface area contributed by atoms with Gasteiger partial charge in [0.2, 0.25) is 5.91 Å². The van der Waals surface area contributed by atoms with Crippen molar-refractivity contribution in [2.45, 2.75) is 33.1 Å². The maximum Gasteiger partial charge on any atom is 0.222 e. The third-order valence-electron chi connectivity index (χ3n) is 2.89. The fourth-order valence-electron chi connectivity index (χ4n) is 1.58. The highest BCUT2D eigenvalue weighted by atomic mass is 16.5. The standard InChI is InChI=1S/C15H23NO2/c1-4-5-6-15(17)16(3)11-12-18-14-9-7-13(2)8-10-14/h7-10H,4-6,11-12H2,1-3H3. The Morgan fingerprint density at radius 1 is 1.28 bits per heavy atom. The molecule has 1 amide bonds. The lowest BCUT2D eigenvalue weighted by Crippen LogP contribution is -2.30. The molecule has 3 nitrogen and oxygen atoms in total. The van der Waals surface area contributed by atoms with Crippen molar-refractivity contribution in [2.24, 2.45) is 0 Å². The van der Waals surface area contributed by atoms with Gasteiger partial charge >= 0.3 is 0 Å². The summed E-state index contributed by atoms with van der Waals surface area (Å²) in [5.74, 6) is 1.05. The Morgan fingerprint density at radius 3 is 2.56 bits per heavy atom. The first-order chi connectivity index (χ1) is 8.63. The van der Waals surface area contributed by atoms with Crippen molar-refractivity contribution in [1.82, 2.24) is 4.90 Å². The molecule has 3 heteroatoms. The second-order valence-corrected chi connectivity index (χ2v) is 4.58. The van der Waals surface area contributed by atoms with E-state index in [0.29, 0.717) is 19.6 Å². The van der Waals surface area contributed by atoms with E-state index >= 15 is 0 Å². The van der Waals surface area contributed by atoms with Gasteiger partial charge in [-0.25, -0.2) is 0 Å². The van der Waals surface area contributed by atoms with Crippen LogP contribution in [0.25, 0.3) is 0 Å². The Labute approximate surface area is 110 Å². The summed E-state index contributed by atoms with van der Waals surface area (Å²) in [6.45, 7) is 5.31. The SMILES string of the molecule is CCCCC(=O)N(C)CCOc1ccc(C)cc1. The van der Waals surface area contributed by atoms with E-state index in [9.17, 15) is 4.79 Å². The normalized spacial score (nSPS) is 10.2. The van der Waals surface area contributed by atoms with Gasteiger partial charge in [0.15, 0.2) is 0 Å². The van der Waals surface area contributed by atoms with Crippen LogP contribution in [0, 0.1) is 6.92 Å². The van der Waals surface area contributed by atoms with Gasteiger partial charge in [-0.2, -0.15) is 0 Å². The molecule has 0 bridgehead atoms. The van der Waals surface area contributed by atoms with Crippen molar-refractivity contribution in [1.29, 1.82) is 0 Å². The molecule has 0 radical (unpaired) electrons. The molecule has 0 N–H and O–H groups in total. The molecule has 0 atom stereocenters. The molecule has 100 valence electrons. The number of unbranched alkanes of at least 4 members (excludes halogenated alkanes) is 1. The first-order valence-electron chi connectivity index (χ1n) is 6.57. The molecule has 0 aromatic heterocycles. The van der Waals surface area contributed by atoms with E-state index in [4.69, 9.17) is 4.74 Å². The third-order valence-corrected chi connectivity index (χ3v) is 2.89. The van der Waals surface area contributed by atoms with Crippen molar-refractivity contribution >= 4 is 5.91 Å². The van der Waals surface area contributed by atoms with Gasteiger partial charge in [-0.05, 0) is 25.5 Å². The summed E-state index contributed by atoms with van der Waals surface area (Å²) in [7, 11) is 1.83. The van der Waals surface area contributed by atoms with E-state index in [1.807, 2.05) is 38.2 Å². The lowest BCUT2D eigenvalue weighted by atomic mass is 10.2. The molecular weight excluding hydrogens is 226 g/mol. The Bertz CT molecular complexity index is 359. The highest BCUT2D eigenvalue weighted by molar-refractivity contribution is 5.75. The zero-order chi connectivity index (χ0) is 13.4. The largest absolute Gasteiger partial charge is 0.492 e. The molecule has 1 rings (SSSR count). The van der Waals surface area contributed by atoms with Gasteiger partial charge in [0.05, 0.1) is 6.54 Å². The van der Waals surface area contributed by atoms with Gasteiger partial charge in [-0.3, -0.25) is 4.79 Å². The fraction of sp³-hybridized carbons (Fsp3) is 0.533. The van der Waals surface area contributed by atoms with Crippen LogP contribution in [0.5, 0.6) is 5.75 Å². The summed E-state index contributed by atoms with van der Waals surface area (Å²) < 4.78 is 5.59. The van der Waals surface area contributed by atoms with E-state index < -0.39 is 0 Å². The second-order valence-electron chi connectivity index (χ2n) is 4.58. The van der Waals surface area contributed by atoms with Crippen molar-refractivity contribution < 1.29 is 9.53 Å². The lowest BCUT2D eigenvalue weighted by molar-refractivity contribution is -0.130. The van der Waals surface area contributed by atoms with Gasteiger partial charge < -0.3 is 9.64 Å². The van der Waals surface area contributed by atoms with E-state index in [0.717, 1.165) is 18.6 Å². The van der Waals surface area contributed by atoms with Crippen molar-refractivity contribution in [3.05, 3.63) is 29.8 Å².